The molecule has 4 rings (SSSR count). The summed E-state index contributed by atoms with van der Waals surface area (Å²) in [4.78, 5) is 0. The SMILES string of the molecule is C[C@H]1CC[C@@]2(C)[C@@H]3CC=C4[C@@H](CC[C@H](O)C4(C)C)[C@]3(C)CC[C@@H]2[C@@]1(C)CO. The van der Waals surface area contributed by atoms with E-state index in [9.17, 15) is 10.2 Å². The first kappa shape index (κ1) is 20.0. The van der Waals surface area contributed by atoms with E-state index < -0.39 is 0 Å². The molecule has 4 aliphatic carbocycles. The minimum atomic E-state index is -0.194. The molecule has 0 amide bonds. The maximum atomic E-state index is 10.7. The van der Waals surface area contributed by atoms with Crippen molar-refractivity contribution in [2.75, 3.05) is 6.61 Å². The Hall–Kier alpha value is -0.340. The standard InChI is InChI=1S/C25H42O2/c1-16-11-13-24(5)19-9-7-17-18(8-10-21(27)22(17,2)3)23(19,4)14-12-20(24)25(16,6)15-26/h7,16,18-21,26-27H,8-15H2,1-6H3/t16-,18+,19+,20-,21-,23-,24-,25-/m0/s1. The van der Waals surface area contributed by atoms with Gasteiger partial charge >= 0.3 is 0 Å². The molecule has 0 aliphatic heterocycles. The van der Waals surface area contributed by atoms with Gasteiger partial charge in [-0.3, -0.25) is 0 Å². The van der Waals surface area contributed by atoms with Crippen molar-refractivity contribution in [3.05, 3.63) is 11.6 Å². The Bertz CT molecular complexity index is 636. The lowest BCUT2D eigenvalue weighted by Gasteiger charge is -2.68. The molecule has 0 aromatic rings. The second-order valence-corrected chi connectivity index (χ2v) is 12.0. The molecule has 0 saturated heterocycles. The first-order chi connectivity index (χ1) is 12.5. The van der Waals surface area contributed by atoms with Crippen LogP contribution in [0.4, 0.5) is 0 Å². The molecular weight excluding hydrogens is 332 g/mol. The van der Waals surface area contributed by atoms with Gasteiger partial charge in [0.15, 0.2) is 0 Å². The third kappa shape index (κ3) is 2.44. The number of rotatable bonds is 1. The number of aliphatic hydroxyl groups excluding tert-OH is 2. The van der Waals surface area contributed by atoms with E-state index in [1.54, 1.807) is 5.57 Å². The third-order valence-electron chi connectivity index (χ3n) is 10.8. The molecule has 0 radical (unpaired) electrons. The molecule has 2 nitrogen and oxygen atoms in total. The summed E-state index contributed by atoms with van der Waals surface area (Å²) in [7, 11) is 0. The van der Waals surface area contributed by atoms with E-state index in [1.165, 1.54) is 32.1 Å². The quantitative estimate of drug-likeness (QED) is 0.588. The highest BCUT2D eigenvalue weighted by molar-refractivity contribution is 5.29. The zero-order valence-electron chi connectivity index (χ0n) is 18.5. The van der Waals surface area contributed by atoms with Crippen LogP contribution in [0.5, 0.6) is 0 Å². The van der Waals surface area contributed by atoms with E-state index in [4.69, 9.17) is 0 Å². The van der Waals surface area contributed by atoms with Gasteiger partial charge in [0.1, 0.15) is 0 Å². The van der Waals surface area contributed by atoms with Crippen molar-refractivity contribution < 1.29 is 10.2 Å². The molecule has 2 N–H and O–H groups in total. The average molecular weight is 375 g/mol. The fourth-order valence-corrected chi connectivity index (χ4v) is 8.63. The molecule has 0 heterocycles. The Kier molecular flexibility index (Phi) is 4.49. The number of hydrogen-bond donors (Lipinski definition) is 2. The Labute approximate surface area is 166 Å². The topological polar surface area (TPSA) is 40.5 Å². The molecule has 0 aromatic heterocycles. The average Bonchev–Trinajstić information content (AvgIpc) is 2.61. The summed E-state index contributed by atoms with van der Waals surface area (Å²) in [6.07, 6.45) is 10.7. The van der Waals surface area contributed by atoms with E-state index in [1.807, 2.05) is 0 Å². The molecule has 2 heteroatoms. The zero-order valence-corrected chi connectivity index (χ0v) is 18.5. The van der Waals surface area contributed by atoms with Crippen molar-refractivity contribution >= 4 is 0 Å². The predicted molar refractivity (Wildman–Crippen MR) is 111 cm³/mol. The van der Waals surface area contributed by atoms with Crippen LogP contribution in [0, 0.1) is 45.3 Å². The first-order valence-electron chi connectivity index (χ1n) is 11.5. The normalized spacial score (nSPS) is 54.4. The zero-order chi connectivity index (χ0) is 19.8. The Morgan fingerprint density at radius 2 is 1.59 bits per heavy atom. The van der Waals surface area contributed by atoms with Gasteiger partial charge in [-0.15, -0.1) is 0 Å². The lowest BCUT2D eigenvalue weighted by molar-refractivity contribution is -0.182. The lowest BCUT2D eigenvalue weighted by Crippen LogP contribution is -2.61. The number of fused-ring (bicyclic) bond motifs is 5. The number of allylic oxidation sites excluding steroid dienone is 1. The summed E-state index contributed by atoms with van der Waals surface area (Å²) in [5.41, 5.74) is 2.23. The molecule has 3 fully saturated rings. The fourth-order valence-electron chi connectivity index (χ4n) is 8.63. The van der Waals surface area contributed by atoms with E-state index >= 15 is 0 Å². The fraction of sp³-hybridized carbons (Fsp3) is 0.920. The highest BCUT2D eigenvalue weighted by Crippen LogP contribution is 2.71. The highest BCUT2D eigenvalue weighted by atomic mass is 16.3. The van der Waals surface area contributed by atoms with Gasteiger partial charge in [-0.2, -0.15) is 0 Å². The van der Waals surface area contributed by atoms with Crippen LogP contribution in [-0.2, 0) is 0 Å². The van der Waals surface area contributed by atoms with Crippen molar-refractivity contribution in [1.82, 2.24) is 0 Å². The van der Waals surface area contributed by atoms with Gasteiger partial charge in [0.25, 0.3) is 0 Å². The van der Waals surface area contributed by atoms with Gasteiger partial charge in [-0.05, 0) is 84.9 Å². The summed E-state index contributed by atoms with van der Waals surface area (Å²) in [6.45, 7) is 14.7. The molecular formula is C25H42O2. The van der Waals surface area contributed by atoms with Crippen LogP contribution in [0.2, 0.25) is 0 Å². The highest BCUT2D eigenvalue weighted by Gasteiger charge is 2.64. The smallest absolute Gasteiger partial charge is 0.0628 e. The van der Waals surface area contributed by atoms with E-state index in [2.05, 4.69) is 47.6 Å². The Morgan fingerprint density at radius 1 is 0.926 bits per heavy atom. The molecule has 3 saturated carbocycles. The summed E-state index contributed by atoms with van der Waals surface area (Å²) in [5.74, 6) is 2.59. The molecule has 154 valence electrons. The third-order valence-corrected chi connectivity index (χ3v) is 10.8. The van der Waals surface area contributed by atoms with Crippen LogP contribution >= 0.6 is 0 Å². The monoisotopic (exact) mass is 374 g/mol. The van der Waals surface area contributed by atoms with Crippen LogP contribution < -0.4 is 0 Å². The minimum absolute atomic E-state index is 0.0698. The molecule has 27 heavy (non-hydrogen) atoms. The molecule has 0 spiro atoms. The summed E-state index contributed by atoms with van der Waals surface area (Å²) >= 11 is 0. The molecule has 8 atom stereocenters. The number of hydrogen-bond acceptors (Lipinski definition) is 2. The van der Waals surface area contributed by atoms with Crippen LogP contribution in [0.3, 0.4) is 0 Å². The van der Waals surface area contributed by atoms with Crippen molar-refractivity contribution in [1.29, 1.82) is 0 Å². The van der Waals surface area contributed by atoms with Gasteiger partial charge in [-0.1, -0.05) is 53.2 Å². The van der Waals surface area contributed by atoms with Crippen LogP contribution in [0.15, 0.2) is 11.6 Å². The van der Waals surface area contributed by atoms with Gasteiger partial charge in [0.2, 0.25) is 0 Å². The van der Waals surface area contributed by atoms with Crippen molar-refractivity contribution in [3.63, 3.8) is 0 Å². The Morgan fingerprint density at radius 3 is 2.26 bits per heavy atom. The van der Waals surface area contributed by atoms with Crippen molar-refractivity contribution in [2.24, 2.45) is 45.3 Å². The molecule has 0 aromatic carbocycles. The van der Waals surface area contributed by atoms with Crippen LogP contribution in [0.1, 0.15) is 86.5 Å². The number of aliphatic hydroxyl groups is 2. The summed E-state index contributed by atoms with van der Waals surface area (Å²) in [5, 5.41) is 21.0. The molecule has 4 aliphatic rings. The maximum Gasteiger partial charge on any atom is 0.0628 e. The van der Waals surface area contributed by atoms with Gasteiger partial charge in [-0.25, -0.2) is 0 Å². The van der Waals surface area contributed by atoms with Crippen molar-refractivity contribution in [2.45, 2.75) is 92.6 Å². The van der Waals surface area contributed by atoms with E-state index in [0.29, 0.717) is 41.1 Å². The van der Waals surface area contributed by atoms with E-state index in [-0.39, 0.29) is 16.9 Å². The van der Waals surface area contributed by atoms with Crippen molar-refractivity contribution in [3.8, 4) is 0 Å². The minimum Gasteiger partial charge on any atom is -0.396 e. The van der Waals surface area contributed by atoms with Gasteiger partial charge < -0.3 is 10.2 Å². The summed E-state index contributed by atoms with van der Waals surface area (Å²) in [6, 6.07) is 0. The lowest BCUT2D eigenvalue weighted by atomic mass is 9.37. The van der Waals surface area contributed by atoms with Gasteiger partial charge in [0.05, 0.1) is 6.10 Å². The largest absolute Gasteiger partial charge is 0.396 e. The first-order valence-corrected chi connectivity index (χ1v) is 11.5. The predicted octanol–water partition coefficient (Wildman–Crippen LogP) is 5.58. The maximum absolute atomic E-state index is 10.7. The van der Waals surface area contributed by atoms with Crippen LogP contribution in [-0.4, -0.2) is 22.9 Å². The Balaban J connectivity index is 1.76. The van der Waals surface area contributed by atoms with Crippen LogP contribution in [0.25, 0.3) is 0 Å². The van der Waals surface area contributed by atoms with E-state index in [0.717, 1.165) is 12.8 Å². The summed E-state index contributed by atoms with van der Waals surface area (Å²) < 4.78 is 0. The second-order valence-electron chi connectivity index (χ2n) is 12.0. The van der Waals surface area contributed by atoms with Gasteiger partial charge in [0, 0.05) is 12.0 Å². The molecule has 0 bridgehead atoms. The second kappa shape index (κ2) is 6.08. The molecule has 0 unspecified atom stereocenters.